The summed E-state index contributed by atoms with van der Waals surface area (Å²) in [4.78, 5) is 24.6. The van der Waals surface area contributed by atoms with E-state index in [-0.39, 0.29) is 19.3 Å². The third-order valence-electron chi connectivity index (χ3n) is 3.70. The Morgan fingerprint density at radius 2 is 1.62 bits per heavy atom. The van der Waals surface area contributed by atoms with E-state index in [9.17, 15) is 9.59 Å². The molecule has 0 fully saturated rings. The second-order valence-corrected chi connectivity index (χ2v) is 8.61. The maximum Gasteiger partial charge on any atom is 0.408 e. The summed E-state index contributed by atoms with van der Waals surface area (Å²) in [6.45, 7) is 12.8. The molecule has 1 aromatic carbocycles. The Morgan fingerprint density at radius 1 is 1.00 bits per heavy atom. The topological polar surface area (TPSA) is 83.1 Å². The summed E-state index contributed by atoms with van der Waals surface area (Å²) in [5.41, 5.74) is -0.800. The highest BCUT2D eigenvalue weighted by Gasteiger charge is 2.31. The molecule has 1 aromatic rings. The quantitative estimate of drug-likeness (QED) is 0.591. The number of esters is 1. The van der Waals surface area contributed by atoms with Crippen LogP contribution < -0.4 is 5.32 Å². The van der Waals surface area contributed by atoms with Crippen LogP contribution in [0.25, 0.3) is 0 Å². The average Bonchev–Trinajstić information content (AvgIpc) is 2.61. The van der Waals surface area contributed by atoms with Crippen molar-refractivity contribution >= 4 is 12.1 Å². The summed E-state index contributed by atoms with van der Waals surface area (Å²) in [7, 11) is 0. The van der Waals surface area contributed by atoms with E-state index in [1.54, 1.807) is 34.6 Å². The molecule has 164 valence electrons. The molecule has 0 saturated carbocycles. The van der Waals surface area contributed by atoms with Crippen LogP contribution in [-0.4, -0.2) is 48.6 Å². The highest BCUT2D eigenvalue weighted by molar-refractivity contribution is 5.78. The summed E-state index contributed by atoms with van der Waals surface area (Å²) >= 11 is 0. The zero-order valence-electron chi connectivity index (χ0n) is 18.6. The van der Waals surface area contributed by atoms with Crippen molar-refractivity contribution in [2.24, 2.45) is 0 Å². The van der Waals surface area contributed by atoms with Crippen molar-refractivity contribution in [1.29, 1.82) is 0 Å². The first-order chi connectivity index (χ1) is 13.4. The predicted octanol–water partition coefficient (Wildman–Crippen LogP) is 3.84. The molecular formula is C22H35NO6. The number of alkyl carbamates (subject to hydrolysis) is 1. The van der Waals surface area contributed by atoms with Gasteiger partial charge in [0.05, 0.1) is 25.4 Å². The van der Waals surface area contributed by atoms with Crippen molar-refractivity contribution in [2.45, 2.75) is 78.4 Å². The van der Waals surface area contributed by atoms with Crippen LogP contribution in [0.2, 0.25) is 0 Å². The zero-order valence-corrected chi connectivity index (χ0v) is 18.6. The minimum absolute atomic E-state index is 0.0284. The first-order valence-electron chi connectivity index (χ1n) is 9.85. The van der Waals surface area contributed by atoms with E-state index in [2.05, 4.69) is 5.32 Å². The fourth-order valence-electron chi connectivity index (χ4n) is 2.16. The number of nitrogens with one attached hydrogen (secondary N) is 1. The molecule has 0 aliphatic heterocycles. The van der Waals surface area contributed by atoms with E-state index < -0.39 is 29.3 Å². The molecule has 0 aliphatic rings. The number of hydrogen-bond acceptors (Lipinski definition) is 6. The second kappa shape index (κ2) is 11.2. The van der Waals surface area contributed by atoms with E-state index in [4.69, 9.17) is 18.9 Å². The van der Waals surface area contributed by atoms with Crippen LogP contribution in [0.4, 0.5) is 4.79 Å². The van der Waals surface area contributed by atoms with Gasteiger partial charge in [-0.25, -0.2) is 9.59 Å². The molecule has 29 heavy (non-hydrogen) atoms. The molecule has 0 aliphatic carbocycles. The van der Waals surface area contributed by atoms with Gasteiger partial charge < -0.3 is 24.3 Å². The van der Waals surface area contributed by atoms with Crippen molar-refractivity contribution < 1.29 is 28.5 Å². The smallest absolute Gasteiger partial charge is 0.408 e. The normalized spacial score (nSPS) is 13.1. The first kappa shape index (κ1) is 24.9. The minimum Gasteiger partial charge on any atom is -0.461 e. The van der Waals surface area contributed by atoms with Gasteiger partial charge in [-0.2, -0.15) is 0 Å². The van der Waals surface area contributed by atoms with Crippen molar-refractivity contribution in [1.82, 2.24) is 5.32 Å². The Balaban J connectivity index is 2.60. The summed E-state index contributed by atoms with van der Waals surface area (Å²) in [6.07, 6.45) is -0.621. The number of carbonyl (C=O) groups excluding carboxylic acids is 2. The third kappa shape index (κ3) is 10.9. The summed E-state index contributed by atoms with van der Waals surface area (Å²) in [5, 5.41) is 2.69. The van der Waals surface area contributed by atoms with Gasteiger partial charge in [0.2, 0.25) is 0 Å². The molecule has 0 spiro atoms. The molecule has 1 atom stereocenters. The lowest BCUT2D eigenvalue weighted by atomic mass is 10.1. The molecule has 1 amide bonds. The average molecular weight is 410 g/mol. The number of ether oxygens (including phenoxy) is 4. The standard InChI is InChI=1S/C22H35NO6/c1-16(2)26-14-18(23-20(25)29-21(3,4)5)15-27-19(24)22(6,7)28-13-17-11-9-8-10-12-17/h8-12,16,18H,13-15H2,1-7H3,(H,23,25). The van der Waals surface area contributed by atoms with Crippen molar-refractivity contribution in [3.05, 3.63) is 35.9 Å². The zero-order chi connectivity index (χ0) is 22.1. The van der Waals surface area contributed by atoms with Gasteiger partial charge in [0.1, 0.15) is 12.2 Å². The summed E-state index contributed by atoms with van der Waals surface area (Å²) in [5.74, 6) is -0.519. The van der Waals surface area contributed by atoms with Crippen LogP contribution in [-0.2, 0) is 30.3 Å². The number of hydrogen-bond donors (Lipinski definition) is 1. The second-order valence-electron chi connectivity index (χ2n) is 8.61. The van der Waals surface area contributed by atoms with Crippen LogP contribution in [0, 0.1) is 0 Å². The van der Waals surface area contributed by atoms with Crippen LogP contribution in [0.3, 0.4) is 0 Å². The van der Waals surface area contributed by atoms with Gasteiger partial charge in [-0.05, 0) is 54.0 Å². The Morgan fingerprint density at radius 3 is 2.17 bits per heavy atom. The fourth-order valence-corrected chi connectivity index (χ4v) is 2.16. The molecule has 7 nitrogen and oxygen atoms in total. The largest absolute Gasteiger partial charge is 0.461 e. The molecule has 0 bridgehead atoms. The molecule has 1 N–H and O–H groups in total. The van der Waals surface area contributed by atoms with Crippen LogP contribution >= 0.6 is 0 Å². The van der Waals surface area contributed by atoms with Gasteiger partial charge in [0.15, 0.2) is 5.60 Å². The molecule has 1 rings (SSSR count). The van der Waals surface area contributed by atoms with Crippen molar-refractivity contribution in [3.63, 3.8) is 0 Å². The van der Waals surface area contributed by atoms with E-state index >= 15 is 0 Å². The molecule has 0 aromatic heterocycles. The highest BCUT2D eigenvalue weighted by Crippen LogP contribution is 2.15. The first-order valence-corrected chi connectivity index (χ1v) is 9.85. The Kier molecular flexibility index (Phi) is 9.59. The monoisotopic (exact) mass is 409 g/mol. The Bertz CT molecular complexity index is 636. The Hall–Kier alpha value is -2.12. The number of amides is 1. The molecular weight excluding hydrogens is 374 g/mol. The molecule has 7 heteroatoms. The summed E-state index contributed by atoms with van der Waals surface area (Å²) < 4.78 is 22.0. The third-order valence-corrected chi connectivity index (χ3v) is 3.70. The van der Waals surface area contributed by atoms with Crippen LogP contribution in [0.15, 0.2) is 30.3 Å². The van der Waals surface area contributed by atoms with Gasteiger partial charge in [0, 0.05) is 0 Å². The Labute approximate surface area is 174 Å². The van der Waals surface area contributed by atoms with Gasteiger partial charge in [-0.15, -0.1) is 0 Å². The number of benzene rings is 1. The maximum absolute atomic E-state index is 12.5. The van der Waals surface area contributed by atoms with Gasteiger partial charge in [0.25, 0.3) is 0 Å². The molecule has 0 saturated heterocycles. The number of carbonyl (C=O) groups is 2. The van der Waals surface area contributed by atoms with Gasteiger partial charge in [-0.3, -0.25) is 0 Å². The SMILES string of the molecule is CC(C)OCC(COC(=O)C(C)(C)OCc1ccccc1)NC(=O)OC(C)(C)C. The molecule has 0 radical (unpaired) electrons. The van der Waals surface area contributed by atoms with Crippen molar-refractivity contribution in [3.8, 4) is 0 Å². The fraction of sp³-hybridized carbons (Fsp3) is 0.636. The maximum atomic E-state index is 12.5. The van der Waals surface area contributed by atoms with Crippen molar-refractivity contribution in [2.75, 3.05) is 13.2 Å². The molecule has 1 unspecified atom stereocenters. The van der Waals surface area contributed by atoms with Gasteiger partial charge >= 0.3 is 12.1 Å². The number of rotatable bonds is 10. The lowest BCUT2D eigenvalue weighted by Crippen LogP contribution is -2.46. The predicted molar refractivity (Wildman–Crippen MR) is 111 cm³/mol. The lowest BCUT2D eigenvalue weighted by molar-refractivity contribution is -0.171. The van der Waals surface area contributed by atoms with E-state index in [0.717, 1.165) is 5.56 Å². The van der Waals surface area contributed by atoms with E-state index in [0.29, 0.717) is 6.61 Å². The summed E-state index contributed by atoms with van der Waals surface area (Å²) in [6, 6.07) is 9.04. The lowest BCUT2D eigenvalue weighted by Gasteiger charge is -2.26. The van der Waals surface area contributed by atoms with Crippen LogP contribution in [0.1, 0.15) is 54.0 Å². The van der Waals surface area contributed by atoms with E-state index in [1.165, 1.54) is 0 Å². The van der Waals surface area contributed by atoms with Gasteiger partial charge in [-0.1, -0.05) is 30.3 Å². The van der Waals surface area contributed by atoms with E-state index in [1.807, 2.05) is 44.2 Å². The molecule has 0 heterocycles. The van der Waals surface area contributed by atoms with Crippen LogP contribution in [0.5, 0.6) is 0 Å². The minimum atomic E-state index is -1.13. The highest BCUT2D eigenvalue weighted by atomic mass is 16.6.